The van der Waals surface area contributed by atoms with E-state index in [4.69, 9.17) is 0 Å². The fourth-order valence-electron chi connectivity index (χ4n) is 2.32. The summed E-state index contributed by atoms with van der Waals surface area (Å²) in [7, 11) is 4.12. The highest BCUT2D eigenvalue weighted by Crippen LogP contribution is 2.34. The van der Waals surface area contributed by atoms with Gasteiger partial charge in [-0.2, -0.15) is 0 Å². The molecule has 0 amide bonds. The standard InChI is InChI=1S/C17H18FN3S/c1-20(2)9-10-21-12-16(17-15(21)7-4-8-19-17)22-14-6-3-5-13(18)11-14/h3-8,11-12H,9-10H2,1-2H3. The number of halogens is 1. The fourth-order valence-corrected chi connectivity index (χ4v) is 3.32. The Morgan fingerprint density at radius 2 is 2.09 bits per heavy atom. The molecule has 3 aromatic rings. The van der Waals surface area contributed by atoms with Gasteiger partial charge in [0, 0.05) is 30.4 Å². The Balaban J connectivity index is 1.95. The van der Waals surface area contributed by atoms with E-state index in [2.05, 4.69) is 40.8 Å². The van der Waals surface area contributed by atoms with Crippen LogP contribution in [0.5, 0.6) is 0 Å². The summed E-state index contributed by atoms with van der Waals surface area (Å²) in [5, 5.41) is 0. The predicted molar refractivity (Wildman–Crippen MR) is 88.8 cm³/mol. The number of hydrogen-bond acceptors (Lipinski definition) is 3. The number of rotatable bonds is 5. The monoisotopic (exact) mass is 315 g/mol. The Kier molecular flexibility index (Phi) is 4.45. The van der Waals surface area contributed by atoms with Crippen LogP contribution in [0.1, 0.15) is 0 Å². The van der Waals surface area contributed by atoms with Crippen molar-refractivity contribution in [2.75, 3.05) is 20.6 Å². The lowest BCUT2D eigenvalue weighted by atomic mass is 10.3. The third-order valence-corrected chi connectivity index (χ3v) is 4.42. The maximum absolute atomic E-state index is 13.4. The van der Waals surface area contributed by atoms with Crippen LogP contribution in [0.3, 0.4) is 0 Å². The molecule has 0 fully saturated rings. The minimum atomic E-state index is -0.214. The molecule has 0 saturated carbocycles. The van der Waals surface area contributed by atoms with Gasteiger partial charge in [-0.3, -0.25) is 4.98 Å². The summed E-state index contributed by atoms with van der Waals surface area (Å²) in [6.07, 6.45) is 3.91. The molecule has 0 unspecified atom stereocenters. The quantitative estimate of drug-likeness (QED) is 0.713. The molecule has 0 saturated heterocycles. The number of pyridine rings is 1. The SMILES string of the molecule is CN(C)CCn1cc(Sc2cccc(F)c2)c2ncccc21. The number of likely N-dealkylation sites (N-methyl/N-ethyl adjacent to an activating group) is 1. The zero-order valence-electron chi connectivity index (χ0n) is 12.7. The third-order valence-electron chi connectivity index (χ3n) is 3.41. The van der Waals surface area contributed by atoms with Crippen LogP contribution in [0, 0.1) is 5.82 Å². The lowest BCUT2D eigenvalue weighted by Crippen LogP contribution is -2.17. The summed E-state index contributed by atoms with van der Waals surface area (Å²) in [6, 6.07) is 10.7. The Morgan fingerprint density at radius 1 is 1.23 bits per heavy atom. The highest BCUT2D eigenvalue weighted by Gasteiger charge is 2.11. The van der Waals surface area contributed by atoms with Crippen LogP contribution in [0.25, 0.3) is 11.0 Å². The molecule has 0 aliphatic carbocycles. The first-order valence-corrected chi connectivity index (χ1v) is 7.97. The molecule has 2 heterocycles. The molecule has 1 aromatic carbocycles. The molecule has 0 radical (unpaired) electrons. The second-order valence-corrected chi connectivity index (χ2v) is 6.54. The summed E-state index contributed by atoms with van der Waals surface area (Å²) in [4.78, 5) is 8.59. The first kappa shape index (κ1) is 15.1. The molecular weight excluding hydrogens is 297 g/mol. The zero-order chi connectivity index (χ0) is 15.5. The molecule has 114 valence electrons. The molecule has 3 rings (SSSR count). The van der Waals surface area contributed by atoms with E-state index < -0.39 is 0 Å². The molecule has 5 heteroatoms. The summed E-state index contributed by atoms with van der Waals surface area (Å²) in [6.45, 7) is 1.86. The summed E-state index contributed by atoms with van der Waals surface area (Å²) in [5.41, 5.74) is 2.08. The molecule has 0 N–H and O–H groups in total. The van der Waals surface area contributed by atoms with E-state index in [0.717, 1.165) is 33.9 Å². The maximum atomic E-state index is 13.4. The van der Waals surface area contributed by atoms with Gasteiger partial charge in [0.05, 0.1) is 10.4 Å². The Labute approximate surface area is 133 Å². The van der Waals surface area contributed by atoms with E-state index in [1.54, 1.807) is 30.1 Å². The number of hydrogen-bond donors (Lipinski definition) is 0. The third kappa shape index (κ3) is 3.31. The minimum absolute atomic E-state index is 0.214. The molecule has 0 spiro atoms. The van der Waals surface area contributed by atoms with Crippen molar-refractivity contribution in [3.05, 3.63) is 54.6 Å². The number of benzene rings is 1. The largest absolute Gasteiger partial charge is 0.344 e. The van der Waals surface area contributed by atoms with Gasteiger partial charge >= 0.3 is 0 Å². The van der Waals surface area contributed by atoms with Crippen molar-refractivity contribution in [3.8, 4) is 0 Å². The normalized spacial score (nSPS) is 11.5. The van der Waals surface area contributed by atoms with Crippen LogP contribution in [0.2, 0.25) is 0 Å². The van der Waals surface area contributed by atoms with Gasteiger partial charge in [-0.15, -0.1) is 0 Å². The van der Waals surface area contributed by atoms with Gasteiger partial charge in [-0.25, -0.2) is 4.39 Å². The van der Waals surface area contributed by atoms with Crippen LogP contribution in [0.15, 0.2) is 58.6 Å². The van der Waals surface area contributed by atoms with Gasteiger partial charge in [0.1, 0.15) is 11.3 Å². The average Bonchev–Trinajstić information content (AvgIpc) is 2.84. The lowest BCUT2D eigenvalue weighted by Gasteiger charge is -2.10. The average molecular weight is 315 g/mol. The van der Waals surface area contributed by atoms with Crippen molar-refractivity contribution in [2.24, 2.45) is 0 Å². The minimum Gasteiger partial charge on any atom is -0.344 e. The Morgan fingerprint density at radius 3 is 2.86 bits per heavy atom. The Hall–Kier alpha value is -1.85. The van der Waals surface area contributed by atoms with E-state index in [1.165, 1.54) is 6.07 Å². The summed E-state index contributed by atoms with van der Waals surface area (Å²) in [5.74, 6) is -0.214. The zero-order valence-corrected chi connectivity index (χ0v) is 13.5. The number of aromatic nitrogens is 2. The molecule has 0 bridgehead atoms. The highest BCUT2D eigenvalue weighted by atomic mass is 32.2. The molecule has 0 aliphatic rings. The molecule has 0 aliphatic heterocycles. The second kappa shape index (κ2) is 6.50. The molecular formula is C17H18FN3S. The van der Waals surface area contributed by atoms with E-state index in [-0.39, 0.29) is 5.82 Å². The van der Waals surface area contributed by atoms with E-state index in [0.29, 0.717) is 0 Å². The van der Waals surface area contributed by atoms with Crippen molar-refractivity contribution < 1.29 is 4.39 Å². The molecule has 2 aromatic heterocycles. The maximum Gasteiger partial charge on any atom is 0.124 e. The molecule has 3 nitrogen and oxygen atoms in total. The molecule has 0 atom stereocenters. The van der Waals surface area contributed by atoms with Gasteiger partial charge in [-0.05, 0) is 44.4 Å². The second-order valence-electron chi connectivity index (χ2n) is 5.42. The van der Waals surface area contributed by atoms with Crippen molar-refractivity contribution in [3.63, 3.8) is 0 Å². The van der Waals surface area contributed by atoms with Gasteiger partial charge in [0.25, 0.3) is 0 Å². The van der Waals surface area contributed by atoms with Gasteiger partial charge in [0.2, 0.25) is 0 Å². The topological polar surface area (TPSA) is 21.1 Å². The van der Waals surface area contributed by atoms with Gasteiger partial charge < -0.3 is 9.47 Å². The van der Waals surface area contributed by atoms with Crippen molar-refractivity contribution >= 4 is 22.8 Å². The van der Waals surface area contributed by atoms with Crippen LogP contribution < -0.4 is 0 Å². The Bertz CT molecular complexity index is 782. The van der Waals surface area contributed by atoms with Crippen molar-refractivity contribution in [2.45, 2.75) is 16.3 Å². The summed E-state index contributed by atoms with van der Waals surface area (Å²) >= 11 is 1.55. The van der Waals surface area contributed by atoms with Gasteiger partial charge in [-0.1, -0.05) is 17.8 Å². The van der Waals surface area contributed by atoms with Crippen LogP contribution in [-0.4, -0.2) is 35.1 Å². The van der Waals surface area contributed by atoms with Gasteiger partial charge in [0.15, 0.2) is 0 Å². The first-order chi connectivity index (χ1) is 10.6. The van der Waals surface area contributed by atoms with E-state index >= 15 is 0 Å². The fraction of sp³-hybridized carbons (Fsp3) is 0.235. The van der Waals surface area contributed by atoms with E-state index in [9.17, 15) is 4.39 Å². The summed E-state index contributed by atoms with van der Waals surface area (Å²) < 4.78 is 15.6. The predicted octanol–water partition coefficient (Wildman–Crippen LogP) is 3.89. The van der Waals surface area contributed by atoms with E-state index in [1.807, 2.05) is 12.1 Å². The molecule has 22 heavy (non-hydrogen) atoms. The van der Waals surface area contributed by atoms with Crippen LogP contribution >= 0.6 is 11.8 Å². The van der Waals surface area contributed by atoms with Crippen LogP contribution in [-0.2, 0) is 6.54 Å². The number of nitrogens with zero attached hydrogens (tertiary/aromatic N) is 3. The van der Waals surface area contributed by atoms with Crippen LogP contribution in [0.4, 0.5) is 4.39 Å². The van der Waals surface area contributed by atoms with Crippen molar-refractivity contribution in [1.82, 2.24) is 14.5 Å². The van der Waals surface area contributed by atoms with Crippen molar-refractivity contribution in [1.29, 1.82) is 0 Å². The first-order valence-electron chi connectivity index (χ1n) is 7.15. The number of fused-ring (bicyclic) bond motifs is 1. The smallest absolute Gasteiger partial charge is 0.124 e. The highest BCUT2D eigenvalue weighted by molar-refractivity contribution is 7.99. The lowest BCUT2D eigenvalue weighted by molar-refractivity contribution is 0.386.